The molecule has 1 aliphatic rings. The van der Waals surface area contributed by atoms with Gasteiger partial charge >= 0.3 is 0 Å². The second kappa shape index (κ2) is 9.75. The lowest BCUT2D eigenvalue weighted by atomic mass is 9.94. The predicted octanol–water partition coefficient (Wildman–Crippen LogP) is 3.49. The van der Waals surface area contributed by atoms with Gasteiger partial charge in [-0.05, 0) is 54.3 Å². The van der Waals surface area contributed by atoms with Gasteiger partial charge in [0.1, 0.15) is 11.5 Å². The maximum atomic E-state index is 12.9. The average molecular weight is 424 g/mol. The Labute approximate surface area is 182 Å². The summed E-state index contributed by atoms with van der Waals surface area (Å²) in [4.78, 5) is 31.2. The zero-order valence-electron chi connectivity index (χ0n) is 18.3. The molecule has 0 saturated carbocycles. The first kappa shape index (κ1) is 22.5. The molecule has 1 aliphatic heterocycles. The number of rotatable bonds is 8. The van der Waals surface area contributed by atoms with Gasteiger partial charge in [-0.25, -0.2) is 0 Å². The Balaban J connectivity index is 2.06. The summed E-state index contributed by atoms with van der Waals surface area (Å²) in [6.45, 7) is 7.04. The minimum atomic E-state index is -0.714. The van der Waals surface area contributed by atoms with E-state index in [0.29, 0.717) is 29.4 Å². The minimum absolute atomic E-state index is 0.0613. The highest BCUT2D eigenvalue weighted by atomic mass is 16.5. The Bertz CT molecular complexity index is 985. The molecule has 1 atom stereocenters. The fraction of sp³-hybridized carbons (Fsp3) is 0.375. The van der Waals surface area contributed by atoms with Crippen LogP contribution in [0.4, 0.5) is 0 Å². The van der Waals surface area contributed by atoms with Crippen LogP contribution in [0.15, 0.2) is 48.3 Å². The number of aliphatic hydroxyl groups excluding tert-OH is 1. The summed E-state index contributed by atoms with van der Waals surface area (Å²) in [7, 11) is 1.53. The van der Waals surface area contributed by atoms with Gasteiger partial charge < -0.3 is 19.5 Å². The molecule has 2 aromatic rings. The van der Waals surface area contributed by atoms with Crippen LogP contribution in [-0.2, 0) is 14.3 Å². The Morgan fingerprint density at radius 1 is 1.19 bits per heavy atom. The lowest BCUT2D eigenvalue weighted by molar-refractivity contribution is -0.140. The van der Waals surface area contributed by atoms with Crippen molar-refractivity contribution in [1.82, 2.24) is 9.88 Å². The Morgan fingerprint density at radius 2 is 1.90 bits per heavy atom. The van der Waals surface area contributed by atoms with Crippen LogP contribution < -0.4 is 4.74 Å². The standard InChI is InChI=1S/C24H28N2O5/c1-15(2)14-31-18-5-6-19(16(3)13-18)22(27)20-21(17-7-9-25-10-8-17)26(11-12-30-4)24(29)23(20)28/h5-10,13,15,21,27H,11-12,14H2,1-4H3/b22-20+. The molecule has 0 radical (unpaired) electrons. The number of pyridine rings is 1. The minimum Gasteiger partial charge on any atom is -0.507 e. The molecule has 31 heavy (non-hydrogen) atoms. The summed E-state index contributed by atoms with van der Waals surface area (Å²) >= 11 is 0. The second-order valence-corrected chi connectivity index (χ2v) is 7.95. The van der Waals surface area contributed by atoms with Crippen LogP contribution in [0.3, 0.4) is 0 Å². The van der Waals surface area contributed by atoms with Crippen LogP contribution in [0, 0.1) is 12.8 Å². The highest BCUT2D eigenvalue weighted by molar-refractivity contribution is 6.46. The van der Waals surface area contributed by atoms with Gasteiger partial charge in [-0.2, -0.15) is 0 Å². The number of hydrogen-bond acceptors (Lipinski definition) is 6. The zero-order chi connectivity index (χ0) is 22.5. The van der Waals surface area contributed by atoms with Gasteiger partial charge in [0.25, 0.3) is 11.7 Å². The number of aryl methyl sites for hydroxylation is 1. The molecule has 1 aromatic carbocycles. The number of ether oxygens (including phenoxy) is 2. The maximum absolute atomic E-state index is 12.9. The van der Waals surface area contributed by atoms with Crippen molar-refractivity contribution >= 4 is 17.4 Å². The Kier molecular flexibility index (Phi) is 7.07. The fourth-order valence-corrected chi connectivity index (χ4v) is 3.59. The quantitative estimate of drug-likeness (QED) is 0.396. The molecule has 2 heterocycles. The molecule has 0 spiro atoms. The van der Waals surface area contributed by atoms with Gasteiger partial charge in [0.05, 0.1) is 24.8 Å². The van der Waals surface area contributed by atoms with Gasteiger partial charge in [0.15, 0.2) is 0 Å². The number of benzene rings is 1. The lowest BCUT2D eigenvalue weighted by Crippen LogP contribution is -2.32. The van der Waals surface area contributed by atoms with Crippen LogP contribution in [0.2, 0.25) is 0 Å². The van der Waals surface area contributed by atoms with E-state index in [4.69, 9.17) is 9.47 Å². The third kappa shape index (κ3) is 4.77. The van der Waals surface area contributed by atoms with E-state index in [1.165, 1.54) is 12.0 Å². The topological polar surface area (TPSA) is 89.0 Å². The molecule has 1 unspecified atom stereocenters. The maximum Gasteiger partial charge on any atom is 0.295 e. The summed E-state index contributed by atoms with van der Waals surface area (Å²) in [5, 5.41) is 11.2. The molecule has 1 N–H and O–H groups in total. The van der Waals surface area contributed by atoms with Crippen molar-refractivity contribution in [1.29, 1.82) is 0 Å². The van der Waals surface area contributed by atoms with Crippen LogP contribution in [-0.4, -0.2) is 53.5 Å². The molecule has 0 aliphatic carbocycles. The summed E-state index contributed by atoms with van der Waals surface area (Å²) in [6.07, 6.45) is 3.19. The number of methoxy groups -OCH3 is 1. The number of Topliss-reactive ketones (excluding diaryl/α,β-unsaturated/α-hetero) is 1. The molecule has 1 aromatic heterocycles. The molecule has 7 heteroatoms. The summed E-state index contributed by atoms with van der Waals surface area (Å²) in [5.41, 5.74) is 1.99. The summed E-state index contributed by atoms with van der Waals surface area (Å²) in [6, 6.07) is 8.05. The van der Waals surface area contributed by atoms with E-state index >= 15 is 0 Å². The van der Waals surface area contributed by atoms with Crippen molar-refractivity contribution in [3.8, 4) is 5.75 Å². The smallest absolute Gasteiger partial charge is 0.295 e. The first-order chi connectivity index (χ1) is 14.8. The number of carbonyl (C=O) groups is 2. The van der Waals surface area contributed by atoms with E-state index in [2.05, 4.69) is 18.8 Å². The highest BCUT2D eigenvalue weighted by Gasteiger charge is 2.45. The Morgan fingerprint density at radius 3 is 2.52 bits per heavy atom. The molecule has 7 nitrogen and oxygen atoms in total. The normalized spacial score (nSPS) is 18.1. The van der Waals surface area contributed by atoms with E-state index in [0.717, 1.165) is 5.56 Å². The van der Waals surface area contributed by atoms with Gasteiger partial charge in [-0.15, -0.1) is 0 Å². The monoisotopic (exact) mass is 424 g/mol. The predicted molar refractivity (Wildman–Crippen MR) is 117 cm³/mol. The zero-order valence-corrected chi connectivity index (χ0v) is 18.3. The summed E-state index contributed by atoms with van der Waals surface area (Å²) in [5.74, 6) is -0.497. The lowest BCUT2D eigenvalue weighted by Gasteiger charge is -2.25. The van der Waals surface area contributed by atoms with Crippen molar-refractivity contribution in [2.24, 2.45) is 5.92 Å². The van der Waals surface area contributed by atoms with Crippen LogP contribution >= 0.6 is 0 Å². The van der Waals surface area contributed by atoms with E-state index in [1.54, 1.807) is 36.7 Å². The average Bonchev–Trinajstić information content (AvgIpc) is 3.01. The first-order valence-electron chi connectivity index (χ1n) is 10.3. The number of likely N-dealkylation sites (tertiary alicyclic amines) is 1. The molecular formula is C24H28N2O5. The van der Waals surface area contributed by atoms with Crippen LogP contribution in [0.5, 0.6) is 5.75 Å². The molecular weight excluding hydrogens is 396 g/mol. The number of aliphatic hydroxyl groups is 1. The molecule has 1 fully saturated rings. The summed E-state index contributed by atoms with van der Waals surface area (Å²) < 4.78 is 10.9. The third-order valence-electron chi connectivity index (χ3n) is 5.13. The van der Waals surface area contributed by atoms with Crippen LogP contribution in [0.25, 0.3) is 5.76 Å². The number of ketones is 1. The number of aromatic nitrogens is 1. The van der Waals surface area contributed by atoms with E-state index in [-0.39, 0.29) is 24.5 Å². The van der Waals surface area contributed by atoms with Gasteiger partial charge in [0.2, 0.25) is 0 Å². The molecule has 1 amide bonds. The number of carbonyl (C=O) groups excluding carboxylic acids is 2. The SMILES string of the molecule is COCCN1C(=O)C(=O)/C(=C(/O)c2ccc(OCC(C)C)cc2C)C1c1ccncc1. The highest BCUT2D eigenvalue weighted by Crippen LogP contribution is 2.39. The van der Waals surface area contributed by atoms with Gasteiger partial charge in [-0.1, -0.05) is 13.8 Å². The number of nitrogens with zero attached hydrogens (tertiary/aromatic N) is 2. The van der Waals surface area contributed by atoms with Crippen molar-refractivity contribution in [2.45, 2.75) is 26.8 Å². The number of hydrogen-bond donors (Lipinski definition) is 1. The molecule has 3 rings (SSSR count). The molecule has 164 valence electrons. The number of amides is 1. The van der Waals surface area contributed by atoms with Gasteiger partial charge in [0, 0.05) is 31.6 Å². The van der Waals surface area contributed by atoms with Crippen molar-refractivity contribution < 1.29 is 24.2 Å². The largest absolute Gasteiger partial charge is 0.507 e. The van der Waals surface area contributed by atoms with E-state index in [9.17, 15) is 14.7 Å². The fourth-order valence-electron chi connectivity index (χ4n) is 3.59. The van der Waals surface area contributed by atoms with Gasteiger partial charge in [-0.3, -0.25) is 14.6 Å². The first-order valence-corrected chi connectivity index (χ1v) is 10.3. The van der Waals surface area contributed by atoms with Crippen molar-refractivity contribution in [3.63, 3.8) is 0 Å². The van der Waals surface area contributed by atoms with Crippen molar-refractivity contribution in [2.75, 3.05) is 26.9 Å². The van der Waals surface area contributed by atoms with Crippen LogP contribution in [0.1, 0.15) is 36.6 Å². The van der Waals surface area contributed by atoms with E-state index in [1.807, 2.05) is 13.0 Å². The third-order valence-corrected chi connectivity index (χ3v) is 5.13. The Hall–Kier alpha value is -3.19. The molecule has 1 saturated heterocycles. The van der Waals surface area contributed by atoms with E-state index < -0.39 is 17.7 Å². The molecule has 0 bridgehead atoms. The second-order valence-electron chi connectivity index (χ2n) is 7.95. The van der Waals surface area contributed by atoms with Crippen molar-refractivity contribution in [3.05, 3.63) is 65.0 Å².